The number of aliphatic hydroxyl groups is 1. The van der Waals surface area contributed by atoms with Crippen LogP contribution in [0.3, 0.4) is 0 Å². The van der Waals surface area contributed by atoms with Crippen molar-refractivity contribution in [1.82, 2.24) is 14.9 Å². The van der Waals surface area contributed by atoms with Gasteiger partial charge in [-0.25, -0.2) is 4.98 Å². The van der Waals surface area contributed by atoms with E-state index in [1.165, 1.54) is 5.69 Å². The van der Waals surface area contributed by atoms with Gasteiger partial charge in [0.1, 0.15) is 0 Å². The van der Waals surface area contributed by atoms with Crippen LogP contribution in [0.5, 0.6) is 0 Å². The predicted molar refractivity (Wildman–Crippen MR) is 65.1 cm³/mol. The van der Waals surface area contributed by atoms with E-state index in [2.05, 4.69) is 28.7 Å². The maximum Gasteiger partial charge on any atom is 0.0948 e. The summed E-state index contributed by atoms with van der Waals surface area (Å²) in [6.07, 6.45) is 6.81. The van der Waals surface area contributed by atoms with Gasteiger partial charge in [0.25, 0.3) is 0 Å². The first-order valence-corrected chi connectivity index (χ1v) is 6.11. The predicted octanol–water partition coefficient (Wildman–Crippen LogP) is 1.54. The second kappa shape index (κ2) is 7.41. The molecule has 0 spiro atoms. The van der Waals surface area contributed by atoms with Gasteiger partial charge in [-0.3, -0.25) is 0 Å². The quantitative estimate of drug-likeness (QED) is 0.705. The number of aliphatic hydroxyl groups excluding tert-OH is 1. The van der Waals surface area contributed by atoms with Crippen LogP contribution in [0.25, 0.3) is 0 Å². The van der Waals surface area contributed by atoms with E-state index in [1.54, 1.807) is 0 Å². The van der Waals surface area contributed by atoms with Gasteiger partial charge in [-0.15, -0.1) is 0 Å². The molecule has 1 atom stereocenters. The maximum absolute atomic E-state index is 8.74. The normalized spacial score (nSPS) is 12.9. The number of aryl methyl sites for hydroxylation is 1. The third kappa shape index (κ3) is 4.33. The molecule has 92 valence electrons. The van der Waals surface area contributed by atoms with Gasteiger partial charge in [-0.1, -0.05) is 6.92 Å². The first-order valence-electron chi connectivity index (χ1n) is 6.11. The van der Waals surface area contributed by atoms with Crippen LogP contribution >= 0.6 is 0 Å². The van der Waals surface area contributed by atoms with Gasteiger partial charge in [-0.2, -0.15) is 0 Å². The lowest BCUT2D eigenvalue weighted by molar-refractivity contribution is 0.276. The third-order valence-corrected chi connectivity index (χ3v) is 2.69. The molecule has 1 aromatic rings. The number of nitrogens with zero attached hydrogens (tertiary/aromatic N) is 2. The zero-order valence-corrected chi connectivity index (χ0v) is 10.3. The smallest absolute Gasteiger partial charge is 0.0948 e. The van der Waals surface area contributed by atoms with Gasteiger partial charge < -0.3 is 15.0 Å². The molecule has 2 N–H and O–H groups in total. The summed E-state index contributed by atoms with van der Waals surface area (Å²) in [5.74, 6) is 0. The van der Waals surface area contributed by atoms with E-state index in [0.29, 0.717) is 6.04 Å². The largest absolute Gasteiger partial charge is 0.396 e. The van der Waals surface area contributed by atoms with Gasteiger partial charge in [0.05, 0.1) is 12.0 Å². The van der Waals surface area contributed by atoms with E-state index in [-0.39, 0.29) is 6.61 Å². The van der Waals surface area contributed by atoms with Gasteiger partial charge in [-0.05, 0) is 26.2 Å². The van der Waals surface area contributed by atoms with Crippen molar-refractivity contribution in [1.29, 1.82) is 0 Å². The molecule has 1 aromatic heterocycles. The molecule has 0 saturated carbocycles. The Labute approximate surface area is 97.7 Å². The van der Waals surface area contributed by atoms with Gasteiger partial charge >= 0.3 is 0 Å². The van der Waals surface area contributed by atoms with Crippen LogP contribution in [0.15, 0.2) is 12.5 Å². The van der Waals surface area contributed by atoms with Crippen molar-refractivity contribution >= 4 is 0 Å². The average molecular weight is 225 g/mol. The Morgan fingerprint density at radius 2 is 2.38 bits per heavy atom. The van der Waals surface area contributed by atoms with Crippen LogP contribution in [-0.4, -0.2) is 27.3 Å². The number of imidazole rings is 1. The minimum atomic E-state index is 0.278. The molecule has 1 unspecified atom stereocenters. The summed E-state index contributed by atoms with van der Waals surface area (Å²) in [5.41, 5.74) is 1.23. The summed E-state index contributed by atoms with van der Waals surface area (Å²) in [5, 5.41) is 12.2. The van der Waals surface area contributed by atoms with E-state index < -0.39 is 0 Å². The van der Waals surface area contributed by atoms with E-state index in [4.69, 9.17) is 5.11 Å². The van der Waals surface area contributed by atoms with Gasteiger partial charge in [0.15, 0.2) is 0 Å². The lowest BCUT2D eigenvalue weighted by Crippen LogP contribution is -2.26. The average Bonchev–Trinajstić information content (AvgIpc) is 2.72. The molecule has 0 aliphatic rings. The Morgan fingerprint density at radius 1 is 1.56 bits per heavy atom. The summed E-state index contributed by atoms with van der Waals surface area (Å²) >= 11 is 0. The Morgan fingerprint density at radius 3 is 3.06 bits per heavy atom. The van der Waals surface area contributed by atoms with Crippen molar-refractivity contribution in [3.05, 3.63) is 18.2 Å². The number of nitrogens with one attached hydrogen (secondary N) is 1. The molecule has 0 aromatic carbocycles. The first kappa shape index (κ1) is 13.2. The summed E-state index contributed by atoms with van der Waals surface area (Å²) < 4.78 is 2.19. The van der Waals surface area contributed by atoms with E-state index in [0.717, 1.165) is 32.4 Å². The molecule has 0 aliphatic heterocycles. The fourth-order valence-corrected chi connectivity index (χ4v) is 1.72. The van der Waals surface area contributed by atoms with Crippen LogP contribution in [0.4, 0.5) is 0 Å². The molecule has 4 heteroatoms. The lowest BCUT2D eigenvalue weighted by atomic mass is 10.2. The second-order valence-electron chi connectivity index (χ2n) is 4.23. The minimum absolute atomic E-state index is 0.278. The van der Waals surface area contributed by atoms with Gasteiger partial charge in [0, 0.05) is 31.9 Å². The highest BCUT2D eigenvalue weighted by Gasteiger charge is 2.04. The van der Waals surface area contributed by atoms with Crippen molar-refractivity contribution in [3.8, 4) is 0 Å². The molecule has 16 heavy (non-hydrogen) atoms. The first-order chi connectivity index (χ1) is 7.77. The topological polar surface area (TPSA) is 50.1 Å². The lowest BCUT2D eigenvalue weighted by Gasteiger charge is -2.14. The van der Waals surface area contributed by atoms with Crippen LogP contribution < -0.4 is 5.32 Å². The molecular weight excluding hydrogens is 202 g/mol. The minimum Gasteiger partial charge on any atom is -0.396 e. The van der Waals surface area contributed by atoms with E-state index >= 15 is 0 Å². The Hall–Kier alpha value is -0.870. The van der Waals surface area contributed by atoms with Crippen LogP contribution in [0, 0.1) is 0 Å². The maximum atomic E-state index is 8.74. The number of hydrogen-bond donors (Lipinski definition) is 2. The number of rotatable bonds is 8. The van der Waals surface area contributed by atoms with Crippen molar-refractivity contribution in [2.45, 2.75) is 52.2 Å². The van der Waals surface area contributed by atoms with Gasteiger partial charge in [0.2, 0.25) is 0 Å². The molecule has 0 radical (unpaired) electrons. The molecule has 1 heterocycles. The van der Waals surface area contributed by atoms with Crippen LogP contribution in [-0.2, 0) is 13.1 Å². The summed E-state index contributed by atoms with van der Waals surface area (Å²) in [4.78, 5) is 4.16. The highest BCUT2D eigenvalue weighted by atomic mass is 16.2. The molecule has 0 fully saturated rings. The van der Waals surface area contributed by atoms with Crippen molar-refractivity contribution in [3.63, 3.8) is 0 Å². The summed E-state index contributed by atoms with van der Waals surface area (Å²) in [7, 11) is 0. The number of hydrogen-bond acceptors (Lipinski definition) is 3. The molecule has 0 amide bonds. The zero-order valence-electron chi connectivity index (χ0n) is 10.3. The van der Waals surface area contributed by atoms with Crippen LogP contribution in [0.1, 0.15) is 38.8 Å². The fraction of sp³-hybridized carbons (Fsp3) is 0.750. The monoisotopic (exact) mass is 225 g/mol. The molecule has 0 saturated heterocycles. The Balaban J connectivity index is 2.32. The van der Waals surface area contributed by atoms with Crippen molar-refractivity contribution < 1.29 is 5.11 Å². The molecule has 0 aliphatic carbocycles. The molecule has 0 bridgehead atoms. The SMILES string of the molecule is CCCn1cncc1CNC(C)CCCO. The Kier molecular flexibility index (Phi) is 6.11. The fourth-order valence-electron chi connectivity index (χ4n) is 1.72. The summed E-state index contributed by atoms with van der Waals surface area (Å²) in [6.45, 7) is 6.48. The van der Waals surface area contributed by atoms with E-state index in [1.807, 2.05) is 12.5 Å². The standard InChI is InChI=1S/C12H23N3O/c1-3-6-15-10-13-8-12(15)9-14-11(2)5-4-7-16/h8,10-11,14,16H,3-7,9H2,1-2H3. The van der Waals surface area contributed by atoms with Crippen LogP contribution in [0.2, 0.25) is 0 Å². The zero-order chi connectivity index (χ0) is 11.8. The third-order valence-electron chi connectivity index (χ3n) is 2.69. The summed E-state index contributed by atoms with van der Waals surface area (Å²) in [6, 6.07) is 0.442. The van der Waals surface area contributed by atoms with E-state index in [9.17, 15) is 0 Å². The highest BCUT2D eigenvalue weighted by Crippen LogP contribution is 2.02. The number of aromatic nitrogens is 2. The Bertz CT molecular complexity index is 286. The second-order valence-corrected chi connectivity index (χ2v) is 4.23. The molecular formula is C12H23N3O. The van der Waals surface area contributed by atoms with Crippen molar-refractivity contribution in [2.75, 3.05) is 6.61 Å². The highest BCUT2D eigenvalue weighted by molar-refractivity contribution is 4.98. The molecule has 4 nitrogen and oxygen atoms in total. The molecule has 1 rings (SSSR count). The van der Waals surface area contributed by atoms with Crippen molar-refractivity contribution in [2.24, 2.45) is 0 Å².